The standard InChI is InChI=1S/C17H19N7O2/c1-26-16-8-14(19-11-20-16)23-4-2-5-24-15(10-23)21-13(7-17(24)25)9-22-6-3-18-12-22/h3,6-8,11-12H,2,4-5,9-10H2,1H3. The van der Waals surface area contributed by atoms with Crippen LogP contribution in [0.1, 0.15) is 17.9 Å². The van der Waals surface area contributed by atoms with Crippen molar-refractivity contribution >= 4 is 5.82 Å². The summed E-state index contributed by atoms with van der Waals surface area (Å²) in [7, 11) is 1.58. The van der Waals surface area contributed by atoms with E-state index in [1.807, 2.05) is 10.8 Å². The van der Waals surface area contributed by atoms with Gasteiger partial charge in [0.05, 0.1) is 32.2 Å². The Balaban J connectivity index is 1.66. The molecule has 134 valence electrons. The quantitative estimate of drug-likeness (QED) is 0.682. The summed E-state index contributed by atoms with van der Waals surface area (Å²) < 4.78 is 8.82. The predicted molar refractivity (Wildman–Crippen MR) is 94.1 cm³/mol. The van der Waals surface area contributed by atoms with E-state index in [-0.39, 0.29) is 5.56 Å². The van der Waals surface area contributed by atoms with Crippen molar-refractivity contribution in [3.8, 4) is 5.88 Å². The lowest BCUT2D eigenvalue weighted by molar-refractivity contribution is 0.396. The zero-order valence-electron chi connectivity index (χ0n) is 14.4. The number of rotatable bonds is 4. The van der Waals surface area contributed by atoms with Crippen LogP contribution in [0.2, 0.25) is 0 Å². The van der Waals surface area contributed by atoms with Crippen LogP contribution in [0.3, 0.4) is 0 Å². The van der Waals surface area contributed by atoms with Crippen LogP contribution < -0.4 is 15.2 Å². The van der Waals surface area contributed by atoms with Gasteiger partial charge in [0.1, 0.15) is 18.0 Å². The minimum atomic E-state index is -0.0211. The van der Waals surface area contributed by atoms with E-state index < -0.39 is 0 Å². The summed E-state index contributed by atoms with van der Waals surface area (Å²) in [6.07, 6.45) is 7.59. The van der Waals surface area contributed by atoms with E-state index in [9.17, 15) is 4.79 Å². The lowest BCUT2D eigenvalue weighted by Gasteiger charge is -2.21. The number of fused-ring (bicyclic) bond motifs is 1. The van der Waals surface area contributed by atoms with Crippen molar-refractivity contribution in [1.29, 1.82) is 0 Å². The van der Waals surface area contributed by atoms with Crippen LogP contribution in [-0.2, 0) is 19.6 Å². The van der Waals surface area contributed by atoms with Crippen LogP contribution in [0.25, 0.3) is 0 Å². The average molecular weight is 353 g/mol. The highest BCUT2D eigenvalue weighted by Gasteiger charge is 2.19. The Morgan fingerprint density at radius 3 is 2.96 bits per heavy atom. The lowest BCUT2D eigenvalue weighted by Crippen LogP contribution is -2.28. The minimum absolute atomic E-state index is 0.0211. The van der Waals surface area contributed by atoms with E-state index in [0.717, 1.165) is 30.3 Å². The van der Waals surface area contributed by atoms with E-state index in [2.05, 4.69) is 19.9 Å². The van der Waals surface area contributed by atoms with E-state index in [1.54, 1.807) is 36.3 Å². The summed E-state index contributed by atoms with van der Waals surface area (Å²) in [6.45, 7) is 2.45. The van der Waals surface area contributed by atoms with Crippen LogP contribution in [0.5, 0.6) is 5.88 Å². The van der Waals surface area contributed by atoms with Gasteiger partial charge in [0.25, 0.3) is 5.56 Å². The van der Waals surface area contributed by atoms with E-state index in [0.29, 0.717) is 25.5 Å². The largest absolute Gasteiger partial charge is 0.481 e. The molecule has 9 nitrogen and oxygen atoms in total. The predicted octanol–water partition coefficient (Wildman–Crippen LogP) is 0.697. The van der Waals surface area contributed by atoms with Crippen molar-refractivity contribution in [2.75, 3.05) is 18.6 Å². The van der Waals surface area contributed by atoms with Crippen molar-refractivity contribution in [1.82, 2.24) is 29.1 Å². The number of hydrogen-bond donors (Lipinski definition) is 0. The Labute approximate surface area is 149 Å². The molecule has 0 N–H and O–H groups in total. The molecule has 9 heteroatoms. The second-order valence-electron chi connectivity index (χ2n) is 6.08. The first kappa shape index (κ1) is 16.2. The third kappa shape index (κ3) is 3.28. The monoisotopic (exact) mass is 353 g/mol. The molecule has 0 bridgehead atoms. The summed E-state index contributed by atoms with van der Waals surface area (Å²) in [5.41, 5.74) is 0.702. The molecule has 0 amide bonds. The van der Waals surface area contributed by atoms with Gasteiger partial charge in [-0.1, -0.05) is 0 Å². The molecule has 1 aliphatic heterocycles. The topological polar surface area (TPSA) is 91.0 Å². The van der Waals surface area contributed by atoms with Gasteiger partial charge in [-0.05, 0) is 6.42 Å². The minimum Gasteiger partial charge on any atom is -0.481 e. The number of nitrogens with zero attached hydrogens (tertiary/aromatic N) is 7. The highest BCUT2D eigenvalue weighted by Crippen LogP contribution is 2.20. The second-order valence-corrected chi connectivity index (χ2v) is 6.08. The highest BCUT2D eigenvalue weighted by molar-refractivity contribution is 5.41. The summed E-state index contributed by atoms with van der Waals surface area (Å²) in [6, 6.07) is 3.40. The molecule has 3 aromatic rings. The number of methoxy groups -OCH3 is 1. The summed E-state index contributed by atoms with van der Waals surface area (Å²) in [4.78, 5) is 31.8. The molecule has 0 aliphatic carbocycles. The SMILES string of the molecule is COc1cc(N2CCCn3c(nc(Cn4ccnc4)cc3=O)C2)ncn1. The Bertz CT molecular complexity index is 952. The molecule has 3 aromatic heterocycles. The van der Waals surface area contributed by atoms with E-state index >= 15 is 0 Å². The molecule has 0 radical (unpaired) electrons. The lowest BCUT2D eigenvalue weighted by atomic mass is 10.3. The fourth-order valence-corrected chi connectivity index (χ4v) is 3.09. The number of hydrogen-bond acceptors (Lipinski definition) is 7. The smallest absolute Gasteiger partial charge is 0.253 e. The third-order valence-electron chi connectivity index (χ3n) is 4.35. The molecule has 0 atom stereocenters. The zero-order chi connectivity index (χ0) is 17.9. The highest BCUT2D eigenvalue weighted by atomic mass is 16.5. The zero-order valence-corrected chi connectivity index (χ0v) is 14.4. The van der Waals surface area contributed by atoms with Crippen LogP contribution in [-0.4, -0.2) is 42.7 Å². The molecule has 0 unspecified atom stereocenters. The average Bonchev–Trinajstić information content (AvgIpc) is 3.06. The van der Waals surface area contributed by atoms with Gasteiger partial charge in [0, 0.05) is 37.6 Å². The Hall–Kier alpha value is -3.23. The molecule has 4 rings (SSSR count). The van der Waals surface area contributed by atoms with Gasteiger partial charge in [-0.3, -0.25) is 9.36 Å². The molecule has 26 heavy (non-hydrogen) atoms. The van der Waals surface area contributed by atoms with Gasteiger partial charge in [0.15, 0.2) is 0 Å². The van der Waals surface area contributed by atoms with Gasteiger partial charge < -0.3 is 14.2 Å². The second kappa shape index (κ2) is 6.95. The normalized spacial score (nSPS) is 14.0. The maximum atomic E-state index is 12.5. The number of aromatic nitrogens is 6. The molecular formula is C17H19N7O2. The van der Waals surface area contributed by atoms with Gasteiger partial charge in [-0.15, -0.1) is 0 Å². The molecule has 0 fully saturated rings. The molecule has 0 spiro atoms. The molecule has 4 heterocycles. The molecule has 0 aromatic carbocycles. The first-order valence-electron chi connectivity index (χ1n) is 8.39. The van der Waals surface area contributed by atoms with Crippen LogP contribution in [0.4, 0.5) is 5.82 Å². The van der Waals surface area contributed by atoms with Crippen molar-refractivity contribution in [2.24, 2.45) is 0 Å². The van der Waals surface area contributed by atoms with E-state index in [4.69, 9.17) is 9.72 Å². The van der Waals surface area contributed by atoms with Gasteiger partial charge in [-0.2, -0.15) is 0 Å². The first-order valence-corrected chi connectivity index (χ1v) is 8.39. The molecule has 1 aliphatic rings. The van der Waals surface area contributed by atoms with Gasteiger partial charge >= 0.3 is 0 Å². The van der Waals surface area contributed by atoms with E-state index in [1.165, 1.54) is 6.33 Å². The van der Waals surface area contributed by atoms with Gasteiger partial charge in [-0.25, -0.2) is 19.9 Å². The molecule has 0 saturated heterocycles. The maximum absolute atomic E-state index is 12.5. The summed E-state index contributed by atoms with van der Waals surface area (Å²) >= 11 is 0. The van der Waals surface area contributed by atoms with Crippen LogP contribution in [0.15, 0.2) is 42.0 Å². The summed E-state index contributed by atoms with van der Waals surface area (Å²) in [5, 5.41) is 0. The van der Waals surface area contributed by atoms with Crippen molar-refractivity contribution in [3.63, 3.8) is 0 Å². The Morgan fingerprint density at radius 1 is 1.23 bits per heavy atom. The third-order valence-corrected chi connectivity index (χ3v) is 4.35. The number of anilines is 1. The maximum Gasteiger partial charge on any atom is 0.253 e. The first-order chi connectivity index (χ1) is 12.7. The van der Waals surface area contributed by atoms with Crippen LogP contribution in [0, 0.1) is 0 Å². The van der Waals surface area contributed by atoms with Gasteiger partial charge in [0.2, 0.25) is 5.88 Å². The number of ether oxygens (including phenoxy) is 1. The van der Waals surface area contributed by atoms with Crippen molar-refractivity contribution in [2.45, 2.75) is 26.1 Å². The Morgan fingerprint density at radius 2 is 2.15 bits per heavy atom. The van der Waals surface area contributed by atoms with Crippen LogP contribution >= 0.6 is 0 Å². The fraction of sp³-hybridized carbons (Fsp3) is 0.353. The summed E-state index contributed by atoms with van der Waals surface area (Å²) in [5.74, 6) is 2.01. The molecule has 0 saturated carbocycles. The Kier molecular flexibility index (Phi) is 4.34. The fourth-order valence-electron chi connectivity index (χ4n) is 3.09. The molecular weight excluding hydrogens is 334 g/mol. The number of imidazole rings is 1. The van der Waals surface area contributed by atoms with Crippen molar-refractivity contribution < 1.29 is 4.74 Å². The van der Waals surface area contributed by atoms with Crippen molar-refractivity contribution in [3.05, 3.63) is 59.1 Å².